The highest BCUT2D eigenvalue weighted by Crippen LogP contribution is 2.16. The van der Waals surface area contributed by atoms with Gasteiger partial charge in [0.15, 0.2) is 0 Å². The first-order valence-electron chi connectivity index (χ1n) is 4.91. The molecule has 8 heteroatoms. The summed E-state index contributed by atoms with van der Waals surface area (Å²) in [6.07, 6.45) is 4.50. The van der Waals surface area contributed by atoms with E-state index in [4.69, 9.17) is 11.5 Å². The van der Waals surface area contributed by atoms with Gasteiger partial charge in [0, 0.05) is 12.5 Å². The second kappa shape index (κ2) is 5.77. The lowest BCUT2D eigenvalue weighted by Crippen LogP contribution is -2.40. The number of hydrogen-bond acceptors (Lipinski definition) is 3. The van der Waals surface area contributed by atoms with Gasteiger partial charge in [-0.25, -0.2) is 17.2 Å². The highest BCUT2D eigenvalue weighted by Gasteiger charge is 2.27. The van der Waals surface area contributed by atoms with Gasteiger partial charge in [0.2, 0.25) is 10.0 Å². The summed E-state index contributed by atoms with van der Waals surface area (Å²) in [5.41, 5.74) is 0. The quantitative estimate of drug-likeness (QED) is 0.782. The van der Waals surface area contributed by atoms with Crippen LogP contribution in [-0.4, -0.2) is 25.5 Å². The zero-order valence-electron chi connectivity index (χ0n) is 9.43. The van der Waals surface area contributed by atoms with Crippen LogP contribution in [0.2, 0.25) is 0 Å². The zero-order valence-corrected chi connectivity index (χ0v) is 10.2. The van der Waals surface area contributed by atoms with Crippen LogP contribution >= 0.6 is 0 Å². The molecule has 2 N–H and O–H groups in total. The maximum Gasteiger partial charge on any atom is 0.322 e. The van der Waals surface area contributed by atoms with Crippen molar-refractivity contribution < 1.29 is 27.1 Å². The molecule has 0 amide bonds. The highest BCUT2D eigenvalue weighted by molar-refractivity contribution is 7.89. The van der Waals surface area contributed by atoms with Crippen LogP contribution in [0, 0.1) is 24.0 Å². The molecule has 0 aliphatic carbocycles. The molecule has 0 radical (unpaired) electrons. The van der Waals surface area contributed by atoms with Crippen LogP contribution in [0.5, 0.6) is 0 Å². The largest absolute Gasteiger partial charge is 0.480 e. The first-order valence-corrected chi connectivity index (χ1v) is 6.40. The lowest BCUT2D eigenvalue weighted by molar-refractivity contribution is -0.138. The number of halogens is 2. The number of aliphatic carboxylic acids is 1. The Labute approximate surface area is 108 Å². The molecule has 102 valence electrons. The first-order chi connectivity index (χ1) is 8.77. The molecule has 0 bridgehead atoms. The van der Waals surface area contributed by atoms with Crippen molar-refractivity contribution in [2.45, 2.75) is 17.4 Å². The number of terminal acetylenes is 1. The maximum absolute atomic E-state index is 13.3. The topological polar surface area (TPSA) is 83.5 Å². The van der Waals surface area contributed by atoms with Gasteiger partial charge in [0.05, 0.1) is 0 Å². The third kappa shape index (κ3) is 3.74. The summed E-state index contributed by atoms with van der Waals surface area (Å²) in [4.78, 5) is 9.91. The molecule has 1 aromatic rings. The van der Waals surface area contributed by atoms with Gasteiger partial charge in [-0.1, -0.05) is 0 Å². The van der Waals surface area contributed by atoms with Crippen LogP contribution in [0.4, 0.5) is 8.78 Å². The van der Waals surface area contributed by atoms with Crippen molar-refractivity contribution in [3.05, 3.63) is 29.8 Å². The van der Waals surface area contributed by atoms with Gasteiger partial charge in [-0.05, 0) is 12.1 Å². The molecule has 5 nitrogen and oxygen atoms in total. The molecule has 19 heavy (non-hydrogen) atoms. The van der Waals surface area contributed by atoms with Gasteiger partial charge in [-0.3, -0.25) is 4.79 Å². The van der Waals surface area contributed by atoms with Gasteiger partial charge in [-0.2, -0.15) is 4.72 Å². The van der Waals surface area contributed by atoms with Crippen molar-refractivity contribution in [3.63, 3.8) is 0 Å². The smallest absolute Gasteiger partial charge is 0.322 e. The molecule has 0 heterocycles. The molecule has 0 aliphatic heterocycles. The van der Waals surface area contributed by atoms with E-state index >= 15 is 0 Å². The number of carboxylic acid groups (broad SMARTS) is 1. The molecule has 1 aromatic carbocycles. The summed E-state index contributed by atoms with van der Waals surface area (Å²) in [5, 5.41) is 8.75. The first kappa shape index (κ1) is 15.1. The van der Waals surface area contributed by atoms with Crippen molar-refractivity contribution in [2.24, 2.45) is 0 Å². The van der Waals surface area contributed by atoms with E-state index < -0.39 is 45.0 Å². The van der Waals surface area contributed by atoms with Crippen LogP contribution < -0.4 is 4.72 Å². The van der Waals surface area contributed by atoms with Crippen molar-refractivity contribution in [3.8, 4) is 12.3 Å². The molecule has 0 fully saturated rings. The van der Waals surface area contributed by atoms with Crippen molar-refractivity contribution in [2.75, 3.05) is 0 Å². The van der Waals surface area contributed by atoms with E-state index in [-0.39, 0.29) is 0 Å². The zero-order chi connectivity index (χ0) is 14.6. The van der Waals surface area contributed by atoms with Crippen molar-refractivity contribution in [1.82, 2.24) is 4.72 Å². The van der Waals surface area contributed by atoms with Gasteiger partial charge in [0.25, 0.3) is 0 Å². The molecule has 0 saturated heterocycles. The minimum atomic E-state index is -4.44. The summed E-state index contributed by atoms with van der Waals surface area (Å²) in [6.45, 7) is 0. The summed E-state index contributed by atoms with van der Waals surface area (Å²) in [5.74, 6) is -1.78. The number of carboxylic acids is 1. The lowest BCUT2D eigenvalue weighted by Gasteiger charge is -2.12. The van der Waals surface area contributed by atoms with Crippen molar-refractivity contribution >= 4 is 16.0 Å². The second-order valence-corrected chi connectivity index (χ2v) is 5.18. The second-order valence-electron chi connectivity index (χ2n) is 3.50. The monoisotopic (exact) mass is 289 g/mol. The van der Waals surface area contributed by atoms with Crippen molar-refractivity contribution in [1.29, 1.82) is 0 Å². The van der Waals surface area contributed by atoms with Crippen LogP contribution in [-0.2, 0) is 14.8 Å². The van der Waals surface area contributed by atoms with Gasteiger partial charge < -0.3 is 5.11 Å². The Hall–Kier alpha value is -1.98. The molecule has 0 aliphatic rings. The van der Waals surface area contributed by atoms with Gasteiger partial charge in [-0.15, -0.1) is 12.3 Å². The minimum Gasteiger partial charge on any atom is -0.480 e. The fourth-order valence-electron chi connectivity index (χ4n) is 1.24. The van der Waals surface area contributed by atoms with E-state index in [1.807, 2.05) is 5.92 Å². The number of benzene rings is 1. The van der Waals surface area contributed by atoms with Crippen LogP contribution in [0.3, 0.4) is 0 Å². The minimum absolute atomic E-state index is 0.380. The Bertz CT molecular complexity index is 637. The lowest BCUT2D eigenvalue weighted by atomic mass is 10.2. The van der Waals surface area contributed by atoms with Crippen LogP contribution in [0.15, 0.2) is 23.1 Å². The van der Waals surface area contributed by atoms with E-state index in [2.05, 4.69) is 0 Å². The molecule has 1 rings (SSSR count). The van der Waals surface area contributed by atoms with E-state index in [0.717, 1.165) is 6.07 Å². The average Bonchev–Trinajstić information content (AvgIpc) is 2.27. The average molecular weight is 289 g/mol. The summed E-state index contributed by atoms with van der Waals surface area (Å²) in [7, 11) is -4.44. The molecular weight excluding hydrogens is 280 g/mol. The van der Waals surface area contributed by atoms with Gasteiger partial charge in [0.1, 0.15) is 22.6 Å². The number of rotatable bonds is 5. The Morgan fingerprint density at radius 3 is 2.58 bits per heavy atom. The number of sulfonamides is 1. The summed E-state index contributed by atoms with van der Waals surface area (Å²) < 4.78 is 51.2. The highest BCUT2D eigenvalue weighted by atomic mass is 32.2. The van der Waals surface area contributed by atoms with E-state index in [1.165, 1.54) is 0 Å². The fraction of sp³-hybridized carbons (Fsp3) is 0.182. The Morgan fingerprint density at radius 1 is 1.47 bits per heavy atom. The number of carbonyl (C=O) groups is 1. The fourth-order valence-corrected chi connectivity index (χ4v) is 2.49. The number of nitrogens with one attached hydrogen (secondary N) is 1. The normalized spacial score (nSPS) is 12.7. The molecule has 1 unspecified atom stereocenters. The maximum atomic E-state index is 13.3. The Morgan fingerprint density at radius 2 is 2.11 bits per heavy atom. The molecular formula is C11H9F2NO4S. The van der Waals surface area contributed by atoms with E-state index in [1.54, 1.807) is 4.72 Å². The van der Waals surface area contributed by atoms with Gasteiger partial charge >= 0.3 is 5.97 Å². The van der Waals surface area contributed by atoms with E-state index in [9.17, 15) is 22.0 Å². The Kier molecular flexibility index (Phi) is 4.58. The molecule has 1 atom stereocenters. The Balaban J connectivity index is 3.11. The van der Waals surface area contributed by atoms with Crippen LogP contribution in [0.1, 0.15) is 6.42 Å². The standard InChI is InChI=1S/C11H9F2NO4S/c1-2-3-9(11(15)16)14-19(17,18)10-5-4-7(12)6-8(10)13/h1,4-6,9,14H,3H2,(H,15,16). The predicted molar refractivity (Wildman–Crippen MR) is 61.6 cm³/mol. The number of hydrogen-bond donors (Lipinski definition) is 2. The van der Waals surface area contributed by atoms with Crippen LogP contribution in [0.25, 0.3) is 0 Å². The third-order valence-corrected chi connectivity index (χ3v) is 3.61. The summed E-state index contributed by atoms with van der Waals surface area (Å²) in [6, 6.07) is 0.237. The third-order valence-electron chi connectivity index (χ3n) is 2.10. The SMILES string of the molecule is C#CCC(NS(=O)(=O)c1ccc(F)cc1F)C(=O)O. The predicted octanol–water partition coefficient (Wildman–Crippen LogP) is 0.720. The molecule has 0 saturated carbocycles. The summed E-state index contributed by atoms with van der Waals surface area (Å²) >= 11 is 0. The van der Waals surface area contributed by atoms with E-state index in [0.29, 0.717) is 12.1 Å². The molecule has 0 spiro atoms. The molecule has 0 aromatic heterocycles.